The van der Waals surface area contributed by atoms with E-state index in [4.69, 9.17) is 18.9 Å². The smallest absolute Gasteiger partial charge is 0.231 e. The van der Waals surface area contributed by atoms with Gasteiger partial charge in [-0.25, -0.2) is 0 Å². The Morgan fingerprint density at radius 1 is 0.821 bits per heavy atom. The van der Waals surface area contributed by atoms with E-state index >= 15 is 0 Å². The summed E-state index contributed by atoms with van der Waals surface area (Å²) in [6, 6.07) is 30.9. The highest BCUT2D eigenvalue weighted by Gasteiger charge is 2.42. The predicted octanol–water partition coefficient (Wildman–Crippen LogP) is 6.85. The molecule has 2 atom stereocenters. The van der Waals surface area contributed by atoms with E-state index in [2.05, 4.69) is 89.8 Å². The van der Waals surface area contributed by atoms with Crippen LogP contribution in [0, 0.1) is 0 Å². The van der Waals surface area contributed by atoms with Crippen LogP contribution in [-0.4, -0.2) is 32.5 Å². The maximum Gasteiger partial charge on any atom is 0.231 e. The summed E-state index contributed by atoms with van der Waals surface area (Å²) in [6.45, 7) is 2.10. The average molecular weight is 520 g/mol. The van der Waals surface area contributed by atoms with Crippen LogP contribution < -0.4 is 18.9 Å². The molecule has 3 aliphatic rings. The first-order chi connectivity index (χ1) is 19.2. The molecule has 0 bridgehead atoms. The number of rotatable bonds is 6. The standard InChI is InChI=1S/C34H33NO4/c1-36-30-14-13-25-28(18-26(22-9-5-3-6-10-22)23-11-7-4-8-12-23)33-27-19-32-31(38-21-39-32)17-24(27)15-16-35(33)20-29(25)34(30)37-2/h3-14,17,19,26,28,33H,15-16,18,20-21H2,1-2H3. The van der Waals surface area contributed by atoms with Gasteiger partial charge in [-0.1, -0.05) is 66.7 Å². The topological polar surface area (TPSA) is 40.2 Å². The van der Waals surface area contributed by atoms with Crippen LogP contribution in [-0.2, 0) is 13.0 Å². The summed E-state index contributed by atoms with van der Waals surface area (Å²) < 4.78 is 23.3. The van der Waals surface area contributed by atoms with E-state index in [-0.39, 0.29) is 17.9 Å². The molecule has 0 N–H and O–H groups in total. The lowest BCUT2D eigenvalue weighted by molar-refractivity contribution is 0.125. The van der Waals surface area contributed by atoms with Gasteiger partial charge in [-0.15, -0.1) is 0 Å². The van der Waals surface area contributed by atoms with E-state index in [1.165, 1.54) is 33.4 Å². The minimum atomic E-state index is 0.226. The Balaban J connectivity index is 1.41. The Hall–Kier alpha value is -3.96. The van der Waals surface area contributed by atoms with Gasteiger partial charge in [0.15, 0.2) is 23.0 Å². The van der Waals surface area contributed by atoms with E-state index in [9.17, 15) is 0 Å². The molecule has 0 radical (unpaired) electrons. The van der Waals surface area contributed by atoms with Crippen molar-refractivity contribution in [2.24, 2.45) is 0 Å². The molecule has 3 heterocycles. The van der Waals surface area contributed by atoms with Crippen molar-refractivity contribution in [3.05, 3.63) is 118 Å². The minimum absolute atomic E-state index is 0.226. The van der Waals surface area contributed by atoms with E-state index < -0.39 is 0 Å². The quantitative estimate of drug-likeness (QED) is 0.279. The number of hydrogen-bond donors (Lipinski definition) is 0. The van der Waals surface area contributed by atoms with E-state index in [0.717, 1.165) is 48.9 Å². The Morgan fingerprint density at radius 2 is 1.51 bits per heavy atom. The molecule has 0 aromatic heterocycles. The Bertz CT molecular complexity index is 1450. The maximum atomic E-state index is 5.98. The molecule has 0 aliphatic carbocycles. The molecule has 198 valence electrons. The van der Waals surface area contributed by atoms with Gasteiger partial charge in [-0.3, -0.25) is 4.90 Å². The molecule has 0 fully saturated rings. The highest BCUT2D eigenvalue weighted by molar-refractivity contribution is 5.57. The van der Waals surface area contributed by atoms with E-state index in [0.29, 0.717) is 6.79 Å². The Kier molecular flexibility index (Phi) is 6.16. The molecule has 0 amide bonds. The van der Waals surface area contributed by atoms with E-state index in [1.54, 1.807) is 14.2 Å². The molecular formula is C34H33NO4. The molecule has 5 heteroatoms. The van der Waals surface area contributed by atoms with Gasteiger partial charge < -0.3 is 18.9 Å². The minimum Gasteiger partial charge on any atom is -0.493 e. The number of benzene rings is 4. The maximum absolute atomic E-state index is 5.98. The molecule has 7 rings (SSSR count). The second kappa shape index (κ2) is 9.97. The van der Waals surface area contributed by atoms with Gasteiger partial charge in [-0.2, -0.15) is 0 Å². The van der Waals surface area contributed by atoms with Gasteiger partial charge in [-0.05, 0) is 58.9 Å². The lowest BCUT2D eigenvalue weighted by Crippen LogP contribution is -2.42. The van der Waals surface area contributed by atoms with Gasteiger partial charge in [0, 0.05) is 36.5 Å². The molecule has 3 aliphatic heterocycles. The number of ether oxygens (including phenoxy) is 4. The van der Waals surface area contributed by atoms with Crippen LogP contribution in [0.25, 0.3) is 0 Å². The third kappa shape index (κ3) is 4.12. The fraction of sp³-hybridized carbons (Fsp3) is 0.294. The van der Waals surface area contributed by atoms with Crippen molar-refractivity contribution in [3.63, 3.8) is 0 Å². The molecule has 0 spiro atoms. The van der Waals surface area contributed by atoms with Gasteiger partial charge >= 0.3 is 0 Å². The third-order valence-electron chi connectivity index (χ3n) is 8.73. The number of hydrogen-bond acceptors (Lipinski definition) is 5. The zero-order chi connectivity index (χ0) is 26.3. The SMILES string of the molecule is COc1ccc2c(c1OC)CN1CCc3cc4c(cc3C1C2CC(c1ccccc1)c1ccccc1)OCO4. The van der Waals surface area contributed by atoms with Crippen molar-refractivity contribution in [3.8, 4) is 23.0 Å². The number of methoxy groups -OCH3 is 2. The van der Waals surface area contributed by atoms with Crippen molar-refractivity contribution in [2.75, 3.05) is 27.6 Å². The van der Waals surface area contributed by atoms with Crippen LogP contribution in [0.4, 0.5) is 0 Å². The Labute approximate surface area is 229 Å². The summed E-state index contributed by atoms with van der Waals surface area (Å²) in [5, 5.41) is 0. The van der Waals surface area contributed by atoms with Crippen molar-refractivity contribution in [2.45, 2.75) is 37.3 Å². The van der Waals surface area contributed by atoms with Crippen LogP contribution in [0.2, 0.25) is 0 Å². The first-order valence-corrected chi connectivity index (χ1v) is 13.7. The van der Waals surface area contributed by atoms with Crippen LogP contribution in [0.1, 0.15) is 57.7 Å². The van der Waals surface area contributed by atoms with Crippen LogP contribution in [0.15, 0.2) is 84.9 Å². The van der Waals surface area contributed by atoms with E-state index in [1.807, 2.05) is 0 Å². The van der Waals surface area contributed by atoms with Crippen molar-refractivity contribution >= 4 is 0 Å². The van der Waals surface area contributed by atoms with Crippen molar-refractivity contribution in [1.29, 1.82) is 0 Å². The summed E-state index contributed by atoms with van der Waals surface area (Å²) in [7, 11) is 3.47. The molecule has 5 nitrogen and oxygen atoms in total. The summed E-state index contributed by atoms with van der Waals surface area (Å²) >= 11 is 0. The van der Waals surface area contributed by atoms with Gasteiger partial charge in [0.2, 0.25) is 6.79 Å². The molecule has 39 heavy (non-hydrogen) atoms. The summed E-state index contributed by atoms with van der Waals surface area (Å²) in [5.41, 5.74) is 7.98. The van der Waals surface area contributed by atoms with Crippen molar-refractivity contribution in [1.82, 2.24) is 4.90 Å². The van der Waals surface area contributed by atoms with Gasteiger partial charge in [0.25, 0.3) is 0 Å². The van der Waals surface area contributed by atoms with Crippen LogP contribution in [0.3, 0.4) is 0 Å². The number of fused-ring (bicyclic) bond motifs is 5. The van der Waals surface area contributed by atoms with Gasteiger partial charge in [0.05, 0.1) is 14.2 Å². The molecule has 0 saturated heterocycles. The highest BCUT2D eigenvalue weighted by atomic mass is 16.7. The second-order valence-corrected chi connectivity index (χ2v) is 10.7. The van der Waals surface area contributed by atoms with Crippen LogP contribution >= 0.6 is 0 Å². The zero-order valence-electron chi connectivity index (χ0n) is 22.4. The fourth-order valence-electron chi connectivity index (χ4n) is 6.97. The predicted molar refractivity (Wildman–Crippen MR) is 151 cm³/mol. The molecule has 4 aromatic carbocycles. The Morgan fingerprint density at radius 3 is 2.18 bits per heavy atom. The first kappa shape index (κ1) is 24.1. The number of nitrogens with zero attached hydrogens (tertiary/aromatic N) is 1. The largest absolute Gasteiger partial charge is 0.493 e. The second-order valence-electron chi connectivity index (χ2n) is 10.7. The summed E-state index contributed by atoms with van der Waals surface area (Å²) in [4.78, 5) is 2.63. The average Bonchev–Trinajstić information content (AvgIpc) is 3.45. The molecule has 4 aromatic rings. The van der Waals surface area contributed by atoms with Crippen molar-refractivity contribution < 1.29 is 18.9 Å². The summed E-state index contributed by atoms with van der Waals surface area (Å²) in [5.74, 6) is 3.85. The monoisotopic (exact) mass is 519 g/mol. The molecular weight excluding hydrogens is 486 g/mol. The lowest BCUT2D eigenvalue weighted by atomic mass is 9.71. The summed E-state index contributed by atoms with van der Waals surface area (Å²) in [6.07, 6.45) is 1.95. The van der Waals surface area contributed by atoms with Crippen LogP contribution in [0.5, 0.6) is 23.0 Å². The zero-order valence-corrected chi connectivity index (χ0v) is 22.4. The lowest BCUT2D eigenvalue weighted by Gasteiger charge is -2.47. The fourth-order valence-corrected chi connectivity index (χ4v) is 6.97. The molecule has 2 unspecified atom stereocenters. The van der Waals surface area contributed by atoms with Gasteiger partial charge in [0.1, 0.15) is 0 Å². The third-order valence-corrected chi connectivity index (χ3v) is 8.73. The first-order valence-electron chi connectivity index (χ1n) is 13.7. The highest BCUT2D eigenvalue weighted by Crippen LogP contribution is 2.54. The molecule has 0 saturated carbocycles. The normalized spacial score (nSPS) is 19.3.